The van der Waals surface area contributed by atoms with Gasteiger partial charge in [0.1, 0.15) is 17.4 Å². The minimum Gasteiger partial charge on any atom is -0.497 e. The number of nitrogens with one attached hydrogen (secondary N) is 1. The summed E-state index contributed by atoms with van der Waals surface area (Å²) in [6.07, 6.45) is 7.26. The van der Waals surface area contributed by atoms with Crippen LogP contribution in [0.4, 0.5) is 4.39 Å². The number of carbonyl (C=O) groups is 1. The number of amides is 1. The third kappa shape index (κ3) is 3.78. The van der Waals surface area contributed by atoms with Gasteiger partial charge in [-0.1, -0.05) is 6.08 Å². The molecule has 1 heterocycles. The Labute approximate surface area is 116 Å². The first-order chi connectivity index (χ1) is 9.69. The van der Waals surface area contributed by atoms with E-state index in [4.69, 9.17) is 4.74 Å². The van der Waals surface area contributed by atoms with Gasteiger partial charge in [-0.2, -0.15) is 0 Å². The van der Waals surface area contributed by atoms with Crippen molar-refractivity contribution >= 4 is 17.8 Å². The van der Waals surface area contributed by atoms with Crippen molar-refractivity contribution in [3.8, 4) is 5.75 Å². The SMILES string of the molecule is COc1ccc(/C=C/C(=O)NC2=NCCC=C2)c(F)c1. The van der Waals surface area contributed by atoms with Crippen molar-refractivity contribution in [2.75, 3.05) is 13.7 Å². The summed E-state index contributed by atoms with van der Waals surface area (Å²) >= 11 is 0. The van der Waals surface area contributed by atoms with Crippen LogP contribution >= 0.6 is 0 Å². The Morgan fingerprint density at radius 1 is 1.50 bits per heavy atom. The molecule has 2 rings (SSSR count). The van der Waals surface area contributed by atoms with E-state index in [-0.39, 0.29) is 5.91 Å². The maximum absolute atomic E-state index is 13.6. The molecule has 0 aliphatic carbocycles. The Hall–Kier alpha value is -2.43. The fourth-order valence-electron chi connectivity index (χ4n) is 1.69. The molecule has 0 bridgehead atoms. The Bertz CT molecular complexity index is 592. The fourth-order valence-corrected chi connectivity index (χ4v) is 1.69. The van der Waals surface area contributed by atoms with Gasteiger partial charge in [0.2, 0.25) is 5.91 Å². The van der Waals surface area contributed by atoms with Crippen molar-refractivity contribution < 1.29 is 13.9 Å². The predicted octanol–water partition coefficient (Wildman–Crippen LogP) is 2.32. The summed E-state index contributed by atoms with van der Waals surface area (Å²) in [6.45, 7) is 0.670. The lowest BCUT2D eigenvalue weighted by Crippen LogP contribution is -2.28. The molecule has 104 valence electrons. The number of hydrogen-bond acceptors (Lipinski definition) is 3. The number of halogens is 1. The average molecular weight is 274 g/mol. The van der Waals surface area contributed by atoms with E-state index >= 15 is 0 Å². The standard InChI is InChI=1S/C15H15FN2O2/c1-20-12-7-5-11(13(16)10-12)6-8-15(19)18-14-4-2-3-9-17-14/h2,4-8,10H,3,9H2,1H3,(H,17,18,19)/b8-6+. The van der Waals surface area contributed by atoms with E-state index in [9.17, 15) is 9.18 Å². The van der Waals surface area contributed by atoms with Crippen LogP contribution in [0.5, 0.6) is 5.75 Å². The lowest BCUT2D eigenvalue weighted by molar-refractivity contribution is -0.115. The molecule has 0 saturated heterocycles. The van der Waals surface area contributed by atoms with Gasteiger partial charge >= 0.3 is 0 Å². The smallest absolute Gasteiger partial charge is 0.249 e. The Morgan fingerprint density at radius 2 is 2.35 bits per heavy atom. The molecule has 1 aromatic carbocycles. The first-order valence-corrected chi connectivity index (χ1v) is 6.22. The van der Waals surface area contributed by atoms with E-state index in [2.05, 4.69) is 10.3 Å². The minimum absolute atomic E-state index is 0.321. The molecular formula is C15H15FN2O2. The summed E-state index contributed by atoms with van der Waals surface area (Å²) in [7, 11) is 1.47. The molecule has 0 unspecified atom stereocenters. The Balaban J connectivity index is 2.00. The fraction of sp³-hybridized carbons (Fsp3) is 0.200. The van der Waals surface area contributed by atoms with E-state index in [1.54, 1.807) is 18.2 Å². The number of amidine groups is 1. The van der Waals surface area contributed by atoms with Crippen molar-refractivity contribution in [1.82, 2.24) is 5.32 Å². The molecule has 20 heavy (non-hydrogen) atoms. The van der Waals surface area contributed by atoms with E-state index < -0.39 is 5.82 Å². The molecule has 0 radical (unpaired) electrons. The van der Waals surface area contributed by atoms with Gasteiger partial charge < -0.3 is 10.1 Å². The van der Waals surface area contributed by atoms with Gasteiger partial charge in [-0.15, -0.1) is 0 Å². The van der Waals surface area contributed by atoms with Crippen LogP contribution in [-0.2, 0) is 4.79 Å². The third-order valence-electron chi connectivity index (χ3n) is 2.73. The van der Waals surface area contributed by atoms with E-state index in [0.717, 1.165) is 6.42 Å². The molecule has 0 fully saturated rings. The second kappa shape index (κ2) is 6.65. The highest BCUT2D eigenvalue weighted by molar-refractivity contribution is 6.09. The van der Waals surface area contributed by atoms with Crippen LogP contribution in [0.1, 0.15) is 12.0 Å². The maximum atomic E-state index is 13.6. The quantitative estimate of drug-likeness (QED) is 0.860. The molecule has 1 amide bonds. The average Bonchev–Trinajstić information content (AvgIpc) is 2.47. The summed E-state index contributed by atoms with van der Waals surface area (Å²) in [5.74, 6) is 0.181. The predicted molar refractivity (Wildman–Crippen MR) is 76.2 cm³/mol. The highest BCUT2D eigenvalue weighted by atomic mass is 19.1. The number of dihydropyridines is 1. The number of ether oxygens (including phenoxy) is 1. The van der Waals surface area contributed by atoms with Crippen molar-refractivity contribution in [1.29, 1.82) is 0 Å². The zero-order valence-corrected chi connectivity index (χ0v) is 11.1. The third-order valence-corrected chi connectivity index (χ3v) is 2.73. The molecule has 4 nitrogen and oxygen atoms in total. The van der Waals surface area contributed by atoms with Gasteiger partial charge in [-0.3, -0.25) is 9.79 Å². The van der Waals surface area contributed by atoms with Gasteiger partial charge in [0.15, 0.2) is 0 Å². The molecule has 5 heteroatoms. The molecule has 0 aromatic heterocycles. The molecule has 1 aromatic rings. The summed E-state index contributed by atoms with van der Waals surface area (Å²) in [6, 6.07) is 4.45. The summed E-state index contributed by atoms with van der Waals surface area (Å²) in [4.78, 5) is 15.8. The van der Waals surface area contributed by atoms with Crippen molar-refractivity contribution in [3.05, 3.63) is 47.8 Å². The van der Waals surface area contributed by atoms with Crippen LogP contribution < -0.4 is 10.1 Å². The van der Waals surface area contributed by atoms with Crippen LogP contribution in [-0.4, -0.2) is 25.4 Å². The summed E-state index contributed by atoms with van der Waals surface area (Å²) in [5, 5.41) is 2.62. The number of carbonyl (C=O) groups excluding carboxylic acids is 1. The van der Waals surface area contributed by atoms with Gasteiger partial charge in [0, 0.05) is 24.3 Å². The second-order valence-corrected chi connectivity index (χ2v) is 4.17. The zero-order valence-electron chi connectivity index (χ0n) is 11.1. The van der Waals surface area contributed by atoms with Crippen molar-refractivity contribution in [2.24, 2.45) is 4.99 Å². The van der Waals surface area contributed by atoms with Gasteiger partial charge in [0.25, 0.3) is 0 Å². The molecule has 1 N–H and O–H groups in total. The summed E-state index contributed by atoms with van der Waals surface area (Å²) in [5.41, 5.74) is 0.321. The normalized spacial score (nSPS) is 14.2. The minimum atomic E-state index is -0.441. The molecular weight excluding hydrogens is 259 g/mol. The second-order valence-electron chi connectivity index (χ2n) is 4.17. The monoisotopic (exact) mass is 274 g/mol. The lowest BCUT2D eigenvalue weighted by Gasteiger charge is -2.06. The first-order valence-electron chi connectivity index (χ1n) is 6.22. The topological polar surface area (TPSA) is 50.7 Å². The first kappa shape index (κ1) is 14.0. The van der Waals surface area contributed by atoms with E-state index in [0.29, 0.717) is 23.7 Å². The largest absolute Gasteiger partial charge is 0.497 e. The number of methoxy groups -OCH3 is 1. The number of rotatable bonds is 3. The van der Waals surface area contributed by atoms with Crippen LogP contribution in [0.3, 0.4) is 0 Å². The van der Waals surface area contributed by atoms with Crippen LogP contribution in [0, 0.1) is 5.82 Å². The molecule has 1 aliphatic rings. The van der Waals surface area contributed by atoms with Gasteiger partial charge in [0.05, 0.1) is 7.11 Å². The molecule has 1 aliphatic heterocycles. The number of hydrogen-bond donors (Lipinski definition) is 1. The van der Waals surface area contributed by atoms with Crippen molar-refractivity contribution in [3.63, 3.8) is 0 Å². The number of nitrogens with zero attached hydrogens (tertiary/aromatic N) is 1. The maximum Gasteiger partial charge on any atom is 0.249 e. The molecule has 0 spiro atoms. The molecule has 0 saturated carbocycles. The van der Waals surface area contributed by atoms with Crippen LogP contribution in [0.2, 0.25) is 0 Å². The van der Waals surface area contributed by atoms with Crippen LogP contribution in [0.15, 0.2) is 41.4 Å². The van der Waals surface area contributed by atoms with Crippen molar-refractivity contribution in [2.45, 2.75) is 6.42 Å². The Kier molecular flexibility index (Phi) is 4.65. The van der Waals surface area contributed by atoms with Crippen LogP contribution in [0.25, 0.3) is 6.08 Å². The highest BCUT2D eigenvalue weighted by Crippen LogP contribution is 2.17. The summed E-state index contributed by atoms with van der Waals surface area (Å²) < 4.78 is 18.6. The van der Waals surface area contributed by atoms with Gasteiger partial charge in [-0.25, -0.2) is 4.39 Å². The number of benzene rings is 1. The Morgan fingerprint density at radius 3 is 3.00 bits per heavy atom. The number of aliphatic imine (C=N–C) groups is 1. The van der Waals surface area contributed by atoms with E-state index in [1.165, 1.54) is 25.3 Å². The zero-order chi connectivity index (χ0) is 14.4. The van der Waals surface area contributed by atoms with E-state index in [1.807, 2.05) is 6.08 Å². The molecule has 0 atom stereocenters. The highest BCUT2D eigenvalue weighted by Gasteiger charge is 2.04. The lowest BCUT2D eigenvalue weighted by atomic mass is 10.2. The van der Waals surface area contributed by atoms with Gasteiger partial charge in [-0.05, 0) is 30.7 Å².